The Morgan fingerprint density at radius 3 is 2.33 bits per heavy atom. The molecule has 4 amide bonds. The molecule has 3 fully saturated rings. The van der Waals surface area contributed by atoms with Crippen LogP contribution in [0.25, 0.3) is 0 Å². The number of hydrogen-bond acceptors (Lipinski definition) is 3. The summed E-state index contributed by atoms with van der Waals surface area (Å²) in [5.74, 6) is 0.275. The van der Waals surface area contributed by atoms with Crippen LogP contribution in [-0.2, 0) is 9.59 Å². The molecular weight excluding hydrogens is 234 g/mol. The van der Waals surface area contributed by atoms with Gasteiger partial charge in [-0.1, -0.05) is 0 Å². The van der Waals surface area contributed by atoms with E-state index < -0.39 is 5.54 Å². The Hall–Kier alpha value is -1.59. The lowest BCUT2D eigenvalue weighted by Crippen LogP contribution is -2.56. The molecule has 6 nitrogen and oxygen atoms in total. The van der Waals surface area contributed by atoms with Crippen molar-refractivity contribution in [2.24, 2.45) is 5.92 Å². The maximum atomic E-state index is 12.1. The number of hydrogen-bond donors (Lipinski definition) is 1. The summed E-state index contributed by atoms with van der Waals surface area (Å²) in [6.07, 6.45) is 3.05. The first-order chi connectivity index (χ1) is 8.53. The molecule has 18 heavy (non-hydrogen) atoms. The summed E-state index contributed by atoms with van der Waals surface area (Å²) in [5.41, 5.74) is -0.758. The van der Waals surface area contributed by atoms with Crippen LogP contribution in [0.5, 0.6) is 0 Å². The van der Waals surface area contributed by atoms with E-state index in [-0.39, 0.29) is 23.8 Å². The normalized spacial score (nSPS) is 26.7. The highest BCUT2D eigenvalue weighted by atomic mass is 16.2. The van der Waals surface area contributed by atoms with Gasteiger partial charge in [-0.15, -0.1) is 0 Å². The first-order valence-electron chi connectivity index (χ1n) is 6.43. The van der Waals surface area contributed by atoms with Crippen molar-refractivity contribution in [2.45, 2.75) is 31.2 Å². The molecule has 0 unspecified atom stereocenters. The number of likely N-dealkylation sites (tertiary alicyclic amines) is 1. The molecule has 0 aromatic carbocycles. The van der Waals surface area contributed by atoms with Gasteiger partial charge >= 0.3 is 6.03 Å². The van der Waals surface area contributed by atoms with E-state index in [0.717, 1.165) is 17.7 Å². The maximum absolute atomic E-state index is 12.1. The molecule has 2 heterocycles. The largest absolute Gasteiger partial charge is 0.342 e. The Labute approximate surface area is 105 Å². The van der Waals surface area contributed by atoms with Crippen molar-refractivity contribution >= 4 is 17.8 Å². The molecule has 0 aromatic heterocycles. The molecule has 1 saturated carbocycles. The van der Waals surface area contributed by atoms with Crippen molar-refractivity contribution in [3.05, 3.63) is 0 Å². The van der Waals surface area contributed by atoms with Crippen LogP contribution in [0.2, 0.25) is 0 Å². The topological polar surface area (TPSA) is 69.7 Å². The van der Waals surface area contributed by atoms with Gasteiger partial charge in [0.2, 0.25) is 5.91 Å². The van der Waals surface area contributed by atoms with E-state index >= 15 is 0 Å². The van der Waals surface area contributed by atoms with Crippen LogP contribution in [0.4, 0.5) is 4.79 Å². The van der Waals surface area contributed by atoms with Gasteiger partial charge in [0.25, 0.3) is 5.91 Å². The van der Waals surface area contributed by atoms with E-state index in [1.165, 1.54) is 7.05 Å². The second-order valence-electron chi connectivity index (χ2n) is 5.48. The highest BCUT2D eigenvalue weighted by molar-refractivity contribution is 6.06. The molecule has 98 valence electrons. The smallest absolute Gasteiger partial charge is 0.324 e. The highest BCUT2D eigenvalue weighted by Gasteiger charge is 2.51. The maximum Gasteiger partial charge on any atom is 0.324 e. The molecule has 0 radical (unpaired) electrons. The monoisotopic (exact) mass is 251 g/mol. The number of imide groups is 1. The SMILES string of the molecule is CN1C(=O)NC2(CCN(C(=O)C3CC3)CC2)C1=O. The summed E-state index contributed by atoms with van der Waals surface area (Å²) in [7, 11) is 1.49. The second kappa shape index (κ2) is 3.70. The fraction of sp³-hybridized carbons (Fsp3) is 0.750. The van der Waals surface area contributed by atoms with Crippen LogP contribution >= 0.6 is 0 Å². The van der Waals surface area contributed by atoms with Crippen molar-refractivity contribution in [1.82, 2.24) is 15.1 Å². The van der Waals surface area contributed by atoms with Gasteiger partial charge in [-0.3, -0.25) is 14.5 Å². The van der Waals surface area contributed by atoms with Gasteiger partial charge in [0.1, 0.15) is 5.54 Å². The van der Waals surface area contributed by atoms with Crippen LogP contribution < -0.4 is 5.32 Å². The lowest BCUT2D eigenvalue weighted by Gasteiger charge is -2.37. The van der Waals surface area contributed by atoms with Gasteiger partial charge in [-0.2, -0.15) is 0 Å². The molecule has 2 aliphatic heterocycles. The Kier molecular flexibility index (Phi) is 2.36. The van der Waals surface area contributed by atoms with Gasteiger partial charge in [0.15, 0.2) is 0 Å². The minimum absolute atomic E-state index is 0.161. The minimum atomic E-state index is -0.758. The number of urea groups is 1. The second-order valence-corrected chi connectivity index (χ2v) is 5.48. The van der Waals surface area contributed by atoms with Crippen LogP contribution in [0.3, 0.4) is 0 Å². The van der Waals surface area contributed by atoms with E-state index in [1.807, 2.05) is 4.90 Å². The number of nitrogens with one attached hydrogen (secondary N) is 1. The quantitative estimate of drug-likeness (QED) is 0.664. The van der Waals surface area contributed by atoms with Gasteiger partial charge in [0.05, 0.1) is 0 Å². The van der Waals surface area contributed by atoms with Crippen LogP contribution in [0.1, 0.15) is 25.7 Å². The number of piperidine rings is 1. The lowest BCUT2D eigenvalue weighted by atomic mass is 9.87. The van der Waals surface area contributed by atoms with Gasteiger partial charge in [-0.25, -0.2) is 4.79 Å². The average Bonchev–Trinajstić information content (AvgIpc) is 3.18. The predicted octanol–water partition coefficient (Wildman–Crippen LogP) is -0.0608. The van der Waals surface area contributed by atoms with E-state index in [1.54, 1.807) is 0 Å². The number of rotatable bonds is 1. The number of nitrogens with zero attached hydrogens (tertiary/aromatic N) is 2. The third kappa shape index (κ3) is 1.59. The molecule has 2 saturated heterocycles. The molecule has 1 aliphatic carbocycles. The predicted molar refractivity (Wildman–Crippen MR) is 62.6 cm³/mol. The molecule has 6 heteroatoms. The molecular formula is C12H17N3O3. The Balaban J connectivity index is 1.67. The van der Waals surface area contributed by atoms with E-state index in [2.05, 4.69) is 5.32 Å². The van der Waals surface area contributed by atoms with Crippen molar-refractivity contribution in [3.8, 4) is 0 Å². The number of carbonyl (C=O) groups excluding carboxylic acids is 3. The summed E-state index contributed by atoms with van der Waals surface area (Å²) < 4.78 is 0. The molecule has 3 aliphatic rings. The van der Waals surface area contributed by atoms with E-state index in [0.29, 0.717) is 25.9 Å². The third-order valence-electron chi connectivity index (χ3n) is 4.22. The zero-order chi connectivity index (χ0) is 12.9. The molecule has 3 rings (SSSR count). The fourth-order valence-corrected chi connectivity index (χ4v) is 2.79. The zero-order valence-corrected chi connectivity index (χ0v) is 10.4. The minimum Gasteiger partial charge on any atom is -0.342 e. The molecule has 0 bridgehead atoms. The first-order valence-corrected chi connectivity index (χ1v) is 6.43. The van der Waals surface area contributed by atoms with Crippen molar-refractivity contribution in [3.63, 3.8) is 0 Å². The van der Waals surface area contributed by atoms with Crippen molar-refractivity contribution < 1.29 is 14.4 Å². The van der Waals surface area contributed by atoms with Gasteiger partial charge < -0.3 is 10.2 Å². The van der Waals surface area contributed by atoms with Crippen LogP contribution in [0.15, 0.2) is 0 Å². The summed E-state index contributed by atoms with van der Waals surface area (Å²) in [6, 6.07) is -0.332. The van der Waals surface area contributed by atoms with Crippen molar-refractivity contribution in [1.29, 1.82) is 0 Å². The van der Waals surface area contributed by atoms with Crippen molar-refractivity contribution in [2.75, 3.05) is 20.1 Å². The summed E-state index contributed by atoms with van der Waals surface area (Å²) in [6.45, 7) is 1.13. The Morgan fingerprint density at radius 1 is 1.28 bits per heavy atom. The summed E-state index contributed by atoms with van der Waals surface area (Å²) in [5, 5.41) is 2.77. The molecule has 1 N–H and O–H groups in total. The van der Waals surface area contributed by atoms with E-state index in [4.69, 9.17) is 0 Å². The average molecular weight is 251 g/mol. The molecule has 1 spiro atoms. The highest BCUT2D eigenvalue weighted by Crippen LogP contribution is 2.34. The molecule has 0 atom stereocenters. The number of carbonyl (C=O) groups is 3. The van der Waals surface area contributed by atoms with E-state index in [9.17, 15) is 14.4 Å². The first kappa shape index (κ1) is 11.5. The third-order valence-corrected chi connectivity index (χ3v) is 4.22. The summed E-state index contributed by atoms with van der Waals surface area (Å²) in [4.78, 5) is 38.4. The summed E-state index contributed by atoms with van der Waals surface area (Å²) >= 11 is 0. The van der Waals surface area contributed by atoms with Gasteiger partial charge in [0, 0.05) is 26.1 Å². The Bertz CT molecular complexity index is 422. The van der Waals surface area contributed by atoms with Crippen LogP contribution in [-0.4, -0.2) is 53.3 Å². The number of likely N-dealkylation sites (N-methyl/N-ethyl adjacent to an activating group) is 1. The molecule has 0 aromatic rings. The standard InChI is InChI=1S/C12H17N3O3/c1-14-10(17)12(13-11(14)18)4-6-15(7-5-12)9(16)8-2-3-8/h8H,2-7H2,1H3,(H,13,18). The Morgan fingerprint density at radius 2 is 1.89 bits per heavy atom. The fourth-order valence-electron chi connectivity index (χ4n) is 2.79. The lowest BCUT2D eigenvalue weighted by molar-refractivity contribution is -0.138. The number of amides is 4. The van der Waals surface area contributed by atoms with Gasteiger partial charge in [-0.05, 0) is 25.7 Å². The van der Waals surface area contributed by atoms with Crippen LogP contribution in [0, 0.1) is 5.92 Å². The zero-order valence-electron chi connectivity index (χ0n) is 10.4.